The number of hydrogen-bond acceptors (Lipinski definition) is 3. The summed E-state index contributed by atoms with van der Waals surface area (Å²) in [5.74, 6) is -2.08. The van der Waals surface area contributed by atoms with E-state index in [1.165, 1.54) is 23.5 Å². The van der Waals surface area contributed by atoms with Crippen LogP contribution >= 0.6 is 0 Å². The van der Waals surface area contributed by atoms with Crippen molar-refractivity contribution in [2.75, 3.05) is 31.5 Å². The van der Waals surface area contributed by atoms with Gasteiger partial charge in [0, 0.05) is 6.54 Å². The highest BCUT2D eigenvalue weighted by Gasteiger charge is 2.38. The lowest BCUT2D eigenvalue weighted by Gasteiger charge is -2.33. The van der Waals surface area contributed by atoms with Gasteiger partial charge in [0.2, 0.25) is 0 Å². The van der Waals surface area contributed by atoms with Crippen molar-refractivity contribution >= 4 is 11.7 Å². The Kier molecular flexibility index (Phi) is 4.77. The molecule has 2 amide bonds. The summed E-state index contributed by atoms with van der Waals surface area (Å²) in [7, 11) is 0. The molecular formula is C16H21F2N3O2. The number of amides is 2. The minimum absolute atomic E-state index is 0.0848. The molecule has 0 aliphatic carbocycles. The smallest absolute Gasteiger partial charge is 0.322 e. The van der Waals surface area contributed by atoms with Crippen molar-refractivity contribution in [2.24, 2.45) is 0 Å². The summed E-state index contributed by atoms with van der Waals surface area (Å²) in [6, 6.07) is 3.04. The van der Waals surface area contributed by atoms with E-state index in [4.69, 9.17) is 0 Å². The average Bonchev–Trinajstić information content (AvgIpc) is 2.95. The third-order valence-electron chi connectivity index (χ3n) is 4.60. The van der Waals surface area contributed by atoms with Gasteiger partial charge in [-0.25, -0.2) is 13.6 Å². The molecule has 1 aromatic rings. The molecule has 2 aliphatic rings. The Morgan fingerprint density at radius 2 is 1.91 bits per heavy atom. The molecule has 7 heteroatoms. The number of nitrogens with zero attached hydrogens (tertiary/aromatic N) is 2. The van der Waals surface area contributed by atoms with Crippen LogP contribution in [0.2, 0.25) is 0 Å². The van der Waals surface area contributed by atoms with Crippen LogP contribution in [0.3, 0.4) is 0 Å². The maximum atomic E-state index is 13.6. The number of nitrogens with one attached hydrogen (secondary N) is 1. The van der Waals surface area contributed by atoms with Gasteiger partial charge >= 0.3 is 6.03 Å². The summed E-state index contributed by atoms with van der Waals surface area (Å²) >= 11 is 0. The van der Waals surface area contributed by atoms with E-state index in [-0.39, 0.29) is 18.3 Å². The second kappa shape index (κ2) is 6.80. The molecule has 0 bridgehead atoms. The number of rotatable bonds is 2. The van der Waals surface area contributed by atoms with Crippen LogP contribution in [-0.4, -0.2) is 59.3 Å². The van der Waals surface area contributed by atoms with Crippen LogP contribution in [0.4, 0.5) is 19.3 Å². The van der Waals surface area contributed by atoms with Gasteiger partial charge in [0.25, 0.3) is 0 Å². The van der Waals surface area contributed by atoms with Gasteiger partial charge in [0.15, 0.2) is 11.6 Å². The number of urea groups is 1. The summed E-state index contributed by atoms with van der Waals surface area (Å²) in [6.45, 7) is 2.44. The minimum Gasteiger partial charge on any atom is -0.390 e. The lowest BCUT2D eigenvalue weighted by atomic mass is 10.1. The lowest BCUT2D eigenvalue weighted by molar-refractivity contribution is 0.0706. The van der Waals surface area contributed by atoms with Gasteiger partial charge < -0.3 is 15.3 Å². The van der Waals surface area contributed by atoms with Crippen LogP contribution in [0.25, 0.3) is 0 Å². The Morgan fingerprint density at radius 1 is 1.17 bits per heavy atom. The van der Waals surface area contributed by atoms with Gasteiger partial charge in [-0.2, -0.15) is 0 Å². The van der Waals surface area contributed by atoms with Crippen LogP contribution in [0.5, 0.6) is 0 Å². The number of likely N-dealkylation sites (tertiary alicyclic amines) is 2. The molecule has 3 rings (SSSR count). The monoisotopic (exact) mass is 325 g/mol. The molecule has 2 N–H and O–H groups in total. The highest BCUT2D eigenvalue weighted by Crippen LogP contribution is 2.22. The fourth-order valence-corrected chi connectivity index (χ4v) is 3.34. The van der Waals surface area contributed by atoms with Crippen molar-refractivity contribution in [3.63, 3.8) is 0 Å². The number of aliphatic hydroxyl groups is 1. The first kappa shape index (κ1) is 16.1. The van der Waals surface area contributed by atoms with Gasteiger partial charge in [-0.05, 0) is 38.1 Å². The topological polar surface area (TPSA) is 55.8 Å². The first-order chi connectivity index (χ1) is 11.1. The van der Waals surface area contributed by atoms with E-state index in [1.807, 2.05) is 0 Å². The number of aliphatic hydroxyl groups excluding tert-OH is 1. The molecule has 2 aliphatic heterocycles. The van der Waals surface area contributed by atoms with Crippen LogP contribution < -0.4 is 5.32 Å². The molecule has 2 saturated heterocycles. The van der Waals surface area contributed by atoms with Crippen molar-refractivity contribution in [1.29, 1.82) is 0 Å². The summed E-state index contributed by atoms with van der Waals surface area (Å²) in [5.41, 5.74) is -0.189. The van der Waals surface area contributed by atoms with Crippen molar-refractivity contribution in [3.8, 4) is 0 Å². The zero-order chi connectivity index (χ0) is 16.4. The molecule has 0 radical (unpaired) electrons. The van der Waals surface area contributed by atoms with Crippen molar-refractivity contribution < 1.29 is 18.7 Å². The van der Waals surface area contributed by atoms with Crippen molar-refractivity contribution in [3.05, 3.63) is 29.8 Å². The summed E-state index contributed by atoms with van der Waals surface area (Å²) in [4.78, 5) is 15.9. The number of halogens is 2. The van der Waals surface area contributed by atoms with Crippen LogP contribution in [0.15, 0.2) is 18.2 Å². The molecule has 1 aromatic carbocycles. The Morgan fingerprint density at radius 3 is 2.65 bits per heavy atom. The Bertz CT molecular complexity index is 578. The van der Waals surface area contributed by atoms with E-state index in [0.29, 0.717) is 6.54 Å². The fourth-order valence-electron chi connectivity index (χ4n) is 3.34. The molecular weight excluding hydrogens is 304 g/mol. The number of anilines is 1. The lowest BCUT2D eigenvalue weighted by Crippen LogP contribution is -2.46. The molecule has 2 atom stereocenters. The fraction of sp³-hybridized carbons (Fsp3) is 0.562. The van der Waals surface area contributed by atoms with Gasteiger partial charge in [-0.15, -0.1) is 0 Å². The van der Waals surface area contributed by atoms with E-state index >= 15 is 0 Å². The number of benzene rings is 1. The highest BCUT2D eigenvalue weighted by atomic mass is 19.2. The van der Waals surface area contributed by atoms with Crippen molar-refractivity contribution in [1.82, 2.24) is 9.80 Å². The molecule has 0 saturated carbocycles. The van der Waals surface area contributed by atoms with E-state index < -0.39 is 23.8 Å². The quantitative estimate of drug-likeness (QED) is 0.875. The first-order valence-corrected chi connectivity index (χ1v) is 7.98. The number of carbonyl (C=O) groups excluding carboxylic acids is 1. The number of hydrogen-bond donors (Lipinski definition) is 2. The van der Waals surface area contributed by atoms with Crippen LogP contribution in [-0.2, 0) is 0 Å². The van der Waals surface area contributed by atoms with Crippen LogP contribution in [0, 0.1) is 11.6 Å². The maximum Gasteiger partial charge on any atom is 0.322 e. The third-order valence-corrected chi connectivity index (χ3v) is 4.60. The summed E-state index contributed by atoms with van der Waals surface area (Å²) in [5, 5.41) is 12.6. The number of β-amino-alcohol motifs (C(OH)–C–C–N with tert-alkyl or cyclic N) is 1. The van der Waals surface area contributed by atoms with E-state index in [9.17, 15) is 18.7 Å². The predicted octanol–water partition coefficient (Wildman–Crippen LogP) is 2.03. The summed E-state index contributed by atoms with van der Waals surface area (Å²) < 4.78 is 26.8. The first-order valence-electron chi connectivity index (χ1n) is 7.98. The molecule has 5 nitrogen and oxygen atoms in total. The molecule has 0 spiro atoms. The van der Waals surface area contributed by atoms with Gasteiger partial charge in [0.1, 0.15) is 0 Å². The van der Waals surface area contributed by atoms with E-state index in [1.54, 1.807) is 0 Å². The predicted molar refractivity (Wildman–Crippen MR) is 82.2 cm³/mol. The molecule has 2 unspecified atom stereocenters. The average molecular weight is 325 g/mol. The Hall–Kier alpha value is -1.73. The highest BCUT2D eigenvalue weighted by molar-refractivity contribution is 5.89. The molecule has 0 aromatic heterocycles. The second-order valence-electron chi connectivity index (χ2n) is 6.17. The normalized spacial score (nSPS) is 25.6. The third kappa shape index (κ3) is 3.45. The van der Waals surface area contributed by atoms with Crippen LogP contribution in [0.1, 0.15) is 19.3 Å². The Labute approximate surface area is 133 Å². The molecule has 126 valence electrons. The molecule has 23 heavy (non-hydrogen) atoms. The van der Waals surface area contributed by atoms with E-state index in [2.05, 4.69) is 10.2 Å². The SMILES string of the molecule is O=C(Nc1cccc(F)c1F)N1CC(O)C(N2CCCCC2)C1. The minimum atomic E-state index is -1.08. The van der Waals surface area contributed by atoms with Gasteiger partial charge in [0.05, 0.1) is 24.4 Å². The molecule has 2 heterocycles. The maximum absolute atomic E-state index is 13.6. The standard InChI is InChI=1S/C16H21F2N3O2/c17-11-5-4-6-12(15(11)18)19-16(23)21-9-13(14(22)10-21)20-7-2-1-3-8-20/h4-6,13-14,22H,1-3,7-10H2,(H,19,23). The van der Waals surface area contributed by atoms with E-state index in [0.717, 1.165) is 32.0 Å². The van der Waals surface area contributed by atoms with Gasteiger partial charge in [-0.3, -0.25) is 4.90 Å². The molecule has 2 fully saturated rings. The zero-order valence-electron chi connectivity index (χ0n) is 12.8. The zero-order valence-corrected chi connectivity index (χ0v) is 12.8. The number of carbonyl (C=O) groups is 1. The largest absolute Gasteiger partial charge is 0.390 e. The van der Waals surface area contributed by atoms with Gasteiger partial charge in [-0.1, -0.05) is 12.5 Å². The summed E-state index contributed by atoms with van der Waals surface area (Å²) in [6.07, 6.45) is 2.78. The second-order valence-corrected chi connectivity index (χ2v) is 6.17. The van der Waals surface area contributed by atoms with Crippen molar-refractivity contribution in [2.45, 2.75) is 31.4 Å². The Balaban J connectivity index is 1.63. The number of piperidine rings is 1.